The molecule has 5 nitrogen and oxygen atoms in total. The van der Waals surface area contributed by atoms with Crippen LogP contribution in [0, 0.1) is 31.1 Å². The molecule has 1 aromatic carbocycles. The van der Waals surface area contributed by atoms with Gasteiger partial charge in [-0.15, -0.1) is 6.42 Å². The molecule has 4 rings (SSSR count). The van der Waals surface area contributed by atoms with Gasteiger partial charge < -0.3 is 14.2 Å². The van der Waals surface area contributed by atoms with Gasteiger partial charge in [0.25, 0.3) is 0 Å². The molecule has 0 unspecified atom stereocenters. The first-order valence-electron chi connectivity index (χ1n) is 10.3. The van der Waals surface area contributed by atoms with Crippen molar-refractivity contribution in [3.63, 3.8) is 0 Å². The Kier molecular flexibility index (Phi) is 5.23. The fourth-order valence-corrected chi connectivity index (χ4v) is 5.20. The molecule has 0 N–H and O–H groups in total. The Morgan fingerprint density at radius 2 is 1.79 bits per heavy atom. The molecule has 29 heavy (non-hydrogen) atoms. The first-order chi connectivity index (χ1) is 14.0. The molecule has 5 heteroatoms. The van der Waals surface area contributed by atoms with Gasteiger partial charge in [0.05, 0.1) is 29.6 Å². The highest BCUT2D eigenvalue weighted by Gasteiger charge is 2.60. The maximum Gasteiger partial charge on any atom is 0.514 e. The van der Waals surface area contributed by atoms with E-state index in [0.717, 1.165) is 47.9 Å². The van der Waals surface area contributed by atoms with Gasteiger partial charge in [0.15, 0.2) is 12.4 Å². The number of hydrogen-bond donors (Lipinski definition) is 0. The number of carbonyl (C=O) groups excluding carboxylic acids is 2. The predicted molar refractivity (Wildman–Crippen MR) is 108 cm³/mol. The number of Topliss-reactive ketones (excluding diaryl/α,β-unsaturated/α-hetero) is 1. The van der Waals surface area contributed by atoms with E-state index in [-0.39, 0.29) is 36.4 Å². The standard InChI is InChI=1S/C24H26O5/c1-5-10-27-24(26)29-23-20-17-9-8-16(28-17)19(20)22(25)21(23)18-14(6-2)11-13(4)12-15(18)7-3/h1,11-12,16-17,19-20H,6-10H2,2-4H3/t16-,17+,19-,20+/m0/s1. The number of allylic oxidation sites excluding steroid dienone is 1. The second-order valence-corrected chi connectivity index (χ2v) is 7.96. The van der Waals surface area contributed by atoms with Crippen molar-refractivity contribution in [2.75, 3.05) is 6.61 Å². The van der Waals surface area contributed by atoms with Crippen LogP contribution in [0.3, 0.4) is 0 Å². The number of ether oxygens (including phenoxy) is 3. The molecule has 2 aliphatic heterocycles. The quantitative estimate of drug-likeness (QED) is 0.558. The highest BCUT2D eigenvalue weighted by Crippen LogP contribution is 2.55. The van der Waals surface area contributed by atoms with Gasteiger partial charge in [0.1, 0.15) is 5.76 Å². The maximum atomic E-state index is 13.6. The van der Waals surface area contributed by atoms with Crippen LogP contribution in [0.25, 0.3) is 5.57 Å². The van der Waals surface area contributed by atoms with E-state index in [2.05, 4.69) is 38.8 Å². The highest BCUT2D eigenvalue weighted by atomic mass is 16.7. The Bertz CT molecular complexity index is 910. The third-order valence-corrected chi connectivity index (χ3v) is 6.30. The van der Waals surface area contributed by atoms with E-state index in [0.29, 0.717) is 11.3 Å². The van der Waals surface area contributed by atoms with Crippen molar-refractivity contribution in [3.05, 3.63) is 40.1 Å². The average molecular weight is 394 g/mol. The second kappa shape index (κ2) is 7.68. The Balaban J connectivity index is 1.86. The minimum absolute atomic E-state index is 0.0233. The Labute approximate surface area is 171 Å². The summed E-state index contributed by atoms with van der Waals surface area (Å²) in [6.07, 6.45) is 7.43. The van der Waals surface area contributed by atoms with E-state index in [4.69, 9.17) is 20.6 Å². The number of ketones is 1. The molecular formula is C24H26O5. The van der Waals surface area contributed by atoms with Crippen molar-refractivity contribution in [2.24, 2.45) is 11.8 Å². The molecule has 2 heterocycles. The van der Waals surface area contributed by atoms with Gasteiger partial charge in [-0.3, -0.25) is 4.79 Å². The van der Waals surface area contributed by atoms with Crippen LogP contribution in [0.2, 0.25) is 0 Å². The molecule has 0 spiro atoms. The van der Waals surface area contributed by atoms with Gasteiger partial charge >= 0.3 is 6.16 Å². The molecular weight excluding hydrogens is 368 g/mol. The maximum absolute atomic E-state index is 13.6. The van der Waals surface area contributed by atoms with Crippen LogP contribution in [0.5, 0.6) is 0 Å². The summed E-state index contributed by atoms with van der Waals surface area (Å²) in [5, 5.41) is 0. The number of aryl methyl sites for hydroxylation is 3. The zero-order valence-electron chi connectivity index (χ0n) is 17.1. The van der Waals surface area contributed by atoms with Crippen molar-refractivity contribution in [2.45, 2.75) is 58.7 Å². The minimum atomic E-state index is -0.866. The van der Waals surface area contributed by atoms with Crippen LogP contribution in [0.4, 0.5) is 4.79 Å². The number of carbonyl (C=O) groups is 2. The van der Waals surface area contributed by atoms with Crippen LogP contribution in [0.1, 0.15) is 48.9 Å². The van der Waals surface area contributed by atoms with Crippen molar-refractivity contribution >= 4 is 17.5 Å². The number of terminal acetylenes is 1. The Morgan fingerprint density at radius 1 is 1.17 bits per heavy atom. The van der Waals surface area contributed by atoms with Crippen molar-refractivity contribution < 1.29 is 23.8 Å². The van der Waals surface area contributed by atoms with E-state index >= 15 is 0 Å². The van der Waals surface area contributed by atoms with Crippen molar-refractivity contribution in [1.82, 2.24) is 0 Å². The lowest BCUT2D eigenvalue weighted by molar-refractivity contribution is -0.118. The molecule has 152 valence electrons. The molecule has 2 saturated heterocycles. The number of fused-ring (bicyclic) bond motifs is 5. The summed E-state index contributed by atoms with van der Waals surface area (Å²) >= 11 is 0. The van der Waals surface area contributed by atoms with Gasteiger partial charge in [-0.25, -0.2) is 4.79 Å². The summed E-state index contributed by atoms with van der Waals surface area (Å²) in [5.74, 6) is 2.18. The molecule has 3 aliphatic rings. The summed E-state index contributed by atoms with van der Waals surface area (Å²) in [7, 11) is 0. The lowest BCUT2D eigenvalue weighted by Gasteiger charge is -2.21. The largest absolute Gasteiger partial charge is 0.514 e. The van der Waals surface area contributed by atoms with Gasteiger partial charge in [0, 0.05) is 0 Å². The molecule has 0 amide bonds. The van der Waals surface area contributed by atoms with Crippen LogP contribution in [0.15, 0.2) is 17.9 Å². The van der Waals surface area contributed by atoms with Gasteiger partial charge in [-0.05, 0) is 49.3 Å². The molecule has 2 fully saturated rings. The summed E-state index contributed by atoms with van der Waals surface area (Å²) in [4.78, 5) is 25.9. The lowest BCUT2D eigenvalue weighted by Crippen LogP contribution is -2.30. The van der Waals surface area contributed by atoms with Crippen molar-refractivity contribution in [3.8, 4) is 12.3 Å². The van der Waals surface area contributed by atoms with E-state index in [1.54, 1.807) is 0 Å². The highest BCUT2D eigenvalue weighted by molar-refractivity contribution is 6.26. The fourth-order valence-electron chi connectivity index (χ4n) is 5.20. The van der Waals surface area contributed by atoms with E-state index in [9.17, 15) is 9.59 Å². The summed E-state index contributed by atoms with van der Waals surface area (Å²) in [6, 6.07) is 4.23. The topological polar surface area (TPSA) is 61.8 Å². The van der Waals surface area contributed by atoms with Gasteiger partial charge in [0.2, 0.25) is 0 Å². The smallest absolute Gasteiger partial charge is 0.421 e. The second-order valence-electron chi connectivity index (χ2n) is 7.96. The van der Waals surface area contributed by atoms with Crippen LogP contribution < -0.4 is 0 Å². The van der Waals surface area contributed by atoms with E-state index < -0.39 is 6.16 Å². The van der Waals surface area contributed by atoms with Crippen LogP contribution >= 0.6 is 0 Å². The van der Waals surface area contributed by atoms with Gasteiger partial charge in [-0.2, -0.15) is 0 Å². The molecule has 1 aromatic rings. The van der Waals surface area contributed by atoms with E-state index in [1.807, 2.05) is 0 Å². The zero-order valence-corrected chi connectivity index (χ0v) is 17.1. The Hall–Kier alpha value is -2.58. The molecule has 0 saturated carbocycles. The van der Waals surface area contributed by atoms with Crippen LogP contribution in [-0.2, 0) is 31.8 Å². The first-order valence-corrected chi connectivity index (χ1v) is 10.3. The molecule has 0 aromatic heterocycles. The van der Waals surface area contributed by atoms with Gasteiger partial charge in [-0.1, -0.05) is 37.5 Å². The number of hydrogen-bond acceptors (Lipinski definition) is 5. The fraction of sp³-hybridized carbons (Fsp3) is 0.500. The predicted octanol–water partition coefficient (Wildman–Crippen LogP) is 3.99. The number of rotatable bonds is 5. The number of benzene rings is 1. The van der Waals surface area contributed by atoms with Crippen molar-refractivity contribution in [1.29, 1.82) is 0 Å². The SMILES string of the molecule is C#CCOC(=O)OC1=C(c2c(CC)cc(C)cc2CC)C(=O)[C@@H]2[C@H]1[C@H]1CC[C@@H]2O1. The third-order valence-electron chi connectivity index (χ3n) is 6.30. The zero-order chi connectivity index (χ0) is 20.7. The average Bonchev–Trinajstić information content (AvgIpc) is 3.39. The molecule has 4 atom stereocenters. The minimum Gasteiger partial charge on any atom is -0.421 e. The Morgan fingerprint density at radius 3 is 2.38 bits per heavy atom. The molecule has 2 bridgehead atoms. The molecule has 1 aliphatic carbocycles. The lowest BCUT2D eigenvalue weighted by atomic mass is 9.80. The third kappa shape index (κ3) is 3.16. The normalized spacial score (nSPS) is 27.2. The molecule has 0 radical (unpaired) electrons. The summed E-state index contributed by atoms with van der Waals surface area (Å²) in [6.45, 7) is 6.04. The first kappa shape index (κ1) is 19.7. The van der Waals surface area contributed by atoms with Crippen LogP contribution in [-0.4, -0.2) is 30.8 Å². The monoisotopic (exact) mass is 394 g/mol. The summed E-state index contributed by atoms with van der Waals surface area (Å²) < 4.78 is 16.6. The van der Waals surface area contributed by atoms with E-state index in [1.165, 1.54) is 0 Å². The summed E-state index contributed by atoms with van der Waals surface area (Å²) in [5.41, 5.74) is 4.80.